The summed E-state index contributed by atoms with van der Waals surface area (Å²) in [4.78, 5) is 12.0. The predicted molar refractivity (Wildman–Crippen MR) is 80.8 cm³/mol. The van der Waals surface area contributed by atoms with Crippen molar-refractivity contribution >= 4 is 0 Å². The summed E-state index contributed by atoms with van der Waals surface area (Å²) in [7, 11) is 6.63. The van der Waals surface area contributed by atoms with Crippen molar-refractivity contribution in [3.63, 3.8) is 0 Å². The lowest BCUT2D eigenvalue weighted by molar-refractivity contribution is 0.395. The zero-order valence-electron chi connectivity index (χ0n) is 12.6. The maximum Gasteiger partial charge on any atom is 0.271 e. The van der Waals surface area contributed by atoms with E-state index in [1.807, 2.05) is 12.1 Å². The molecule has 6 nitrogen and oxygen atoms in total. The fourth-order valence-corrected chi connectivity index (χ4v) is 2.13. The van der Waals surface area contributed by atoms with Crippen LogP contribution in [0.4, 0.5) is 0 Å². The van der Waals surface area contributed by atoms with Crippen LogP contribution in [0.2, 0.25) is 0 Å². The number of hydrogen-bond donors (Lipinski definition) is 1. The number of nitrogens with one attached hydrogen (secondary N) is 1. The molecule has 1 N–H and O–H groups in total. The van der Waals surface area contributed by atoms with Gasteiger partial charge in [-0.05, 0) is 25.2 Å². The minimum absolute atomic E-state index is 0.111. The Bertz CT molecular complexity index is 695. The summed E-state index contributed by atoms with van der Waals surface area (Å²) < 4.78 is 11.9. The third-order valence-corrected chi connectivity index (χ3v) is 3.19. The molecule has 6 heteroatoms. The van der Waals surface area contributed by atoms with Gasteiger partial charge in [-0.1, -0.05) is 0 Å². The molecule has 0 radical (unpaired) electrons. The molecular weight excluding hydrogens is 270 g/mol. The van der Waals surface area contributed by atoms with Crippen molar-refractivity contribution in [2.24, 2.45) is 7.05 Å². The van der Waals surface area contributed by atoms with Crippen molar-refractivity contribution in [1.82, 2.24) is 15.1 Å². The van der Waals surface area contributed by atoms with Crippen molar-refractivity contribution in [2.45, 2.75) is 6.54 Å². The molecule has 2 rings (SSSR count). The molecule has 0 aliphatic rings. The Labute approximate surface area is 123 Å². The number of hydrogen-bond acceptors (Lipinski definition) is 5. The number of nitrogens with zero attached hydrogens (tertiary/aromatic N) is 2. The van der Waals surface area contributed by atoms with Crippen LogP contribution >= 0.6 is 0 Å². The molecule has 0 spiro atoms. The summed E-state index contributed by atoms with van der Waals surface area (Å²) in [6.45, 7) is 0.487. The summed E-state index contributed by atoms with van der Waals surface area (Å²) in [5.74, 6) is 1.35. The second-order valence-corrected chi connectivity index (χ2v) is 4.58. The Balaban J connectivity index is 2.58. The van der Waals surface area contributed by atoms with E-state index in [1.165, 1.54) is 4.68 Å². The fraction of sp³-hybridized carbons (Fsp3) is 0.333. The molecule has 0 bridgehead atoms. The van der Waals surface area contributed by atoms with Crippen LogP contribution in [0, 0.1) is 0 Å². The van der Waals surface area contributed by atoms with Crippen molar-refractivity contribution < 1.29 is 9.47 Å². The van der Waals surface area contributed by atoms with Crippen LogP contribution in [0.5, 0.6) is 11.5 Å². The standard InChI is InChI=1S/C15H19N3O3/c1-16-9-10-7-13(17-18(2)15(10)19)12-6-5-11(20-3)8-14(12)21-4/h5-8,16H,9H2,1-4H3. The quantitative estimate of drug-likeness (QED) is 0.895. The van der Waals surface area contributed by atoms with Crippen LogP contribution in [0.3, 0.4) is 0 Å². The average molecular weight is 289 g/mol. The summed E-state index contributed by atoms with van der Waals surface area (Å²) in [6.07, 6.45) is 0. The Morgan fingerprint density at radius 2 is 2.00 bits per heavy atom. The topological polar surface area (TPSA) is 65.4 Å². The molecule has 1 aromatic heterocycles. The molecule has 0 atom stereocenters. The van der Waals surface area contributed by atoms with Gasteiger partial charge < -0.3 is 14.8 Å². The fourth-order valence-electron chi connectivity index (χ4n) is 2.13. The van der Waals surface area contributed by atoms with Gasteiger partial charge in [0.1, 0.15) is 11.5 Å². The molecule has 0 saturated carbocycles. The molecule has 0 saturated heterocycles. The van der Waals surface area contributed by atoms with E-state index in [0.29, 0.717) is 29.3 Å². The van der Waals surface area contributed by atoms with E-state index in [4.69, 9.17) is 9.47 Å². The number of ether oxygens (including phenoxy) is 2. The van der Waals surface area contributed by atoms with Crippen LogP contribution in [0.25, 0.3) is 11.3 Å². The minimum Gasteiger partial charge on any atom is -0.497 e. The average Bonchev–Trinajstić information content (AvgIpc) is 2.51. The van der Waals surface area contributed by atoms with E-state index in [1.54, 1.807) is 40.4 Å². The molecule has 112 valence electrons. The highest BCUT2D eigenvalue weighted by Crippen LogP contribution is 2.31. The van der Waals surface area contributed by atoms with Gasteiger partial charge in [-0.15, -0.1) is 0 Å². The van der Waals surface area contributed by atoms with Gasteiger partial charge in [0.2, 0.25) is 0 Å². The maximum atomic E-state index is 12.0. The molecule has 1 aromatic carbocycles. The highest BCUT2D eigenvalue weighted by molar-refractivity contribution is 5.68. The summed E-state index contributed by atoms with van der Waals surface area (Å²) in [5, 5.41) is 7.29. The number of rotatable bonds is 5. The monoisotopic (exact) mass is 289 g/mol. The van der Waals surface area contributed by atoms with Gasteiger partial charge in [0, 0.05) is 30.8 Å². The van der Waals surface area contributed by atoms with Crippen LogP contribution < -0.4 is 20.3 Å². The molecule has 0 unspecified atom stereocenters. The van der Waals surface area contributed by atoms with Crippen molar-refractivity contribution in [3.8, 4) is 22.8 Å². The van der Waals surface area contributed by atoms with Crippen LogP contribution in [0.1, 0.15) is 5.56 Å². The molecule has 21 heavy (non-hydrogen) atoms. The molecule has 0 aliphatic carbocycles. The van der Waals surface area contributed by atoms with E-state index in [9.17, 15) is 4.79 Å². The SMILES string of the molecule is CNCc1cc(-c2ccc(OC)cc2OC)nn(C)c1=O. The third-order valence-electron chi connectivity index (χ3n) is 3.19. The van der Waals surface area contributed by atoms with Gasteiger partial charge in [0.05, 0.1) is 19.9 Å². The molecule has 0 fully saturated rings. The van der Waals surface area contributed by atoms with Gasteiger partial charge >= 0.3 is 0 Å². The first kappa shape index (κ1) is 15.1. The smallest absolute Gasteiger partial charge is 0.271 e. The van der Waals surface area contributed by atoms with Crippen LogP contribution in [0.15, 0.2) is 29.1 Å². The molecule has 0 amide bonds. The molecule has 0 aliphatic heterocycles. The first-order valence-electron chi connectivity index (χ1n) is 6.55. The van der Waals surface area contributed by atoms with Crippen molar-refractivity contribution in [1.29, 1.82) is 0 Å². The van der Waals surface area contributed by atoms with Gasteiger partial charge in [0.15, 0.2) is 0 Å². The number of aromatic nitrogens is 2. The van der Waals surface area contributed by atoms with E-state index in [0.717, 1.165) is 5.56 Å². The largest absolute Gasteiger partial charge is 0.497 e. The Hall–Kier alpha value is -2.34. The predicted octanol–water partition coefficient (Wildman–Crippen LogP) is 1.18. The van der Waals surface area contributed by atoms with E-state index < -0.39 is 0 Å². The zero-order valence-corrected chi connectivity index (χ0v) is 12.6. The van der Waals surface area contributed by atoms with Crippen LogP contribution in [-0.2, 0) is 13.6 Å². The third kappa shape index (κ3) is 3.05. The Morgan fingerprint density at radius 1 is 1.24 bits per heavy atom. The summed E-state index contributed by atoms with van der Waals surface area (Å²) >= 11 is 0. The highest BCUT2D eigenvalue weighted by Gasteiger charge is 2.12. The minimum atomic E-state index is -0.111. The number of methoxy groups -OCH3 is 2. The molecule has 1 heterocycles. The second kappa shape index (κ2) is 6.41. The van der Waals surface area contributed by atoms with Gasteiger partial charge in [-0.3, -0.25) is 4.79 Å². The Morgan fingerprint density at radius 3 is 2.62 bits per heavy atom. The lowest BCUT2D eigenvalue weighted by Crippen LogP contribution is -2.26. The zero-order chi connectivity index (χ0) is 15.4. The molecular formula is C15H19N3O3. The van der Waals surface area contributed by atoms with Crippen LogP contribution in [-0.4, -0.2) is 31.0 Å². The normalized spacial score (nSPS) is 10.5. The lowest BCUT2D eigenvalue weighted by atomic mass is 10.1. The van der Waals surface area contributed by atoms with Gasteiger partial charge in [-0.25, -0.2) is 4.68 Å². The lowest BCUT2D eigenvalue weighted by Gasteiger charge is -2.12. The number of aryl methyl sites for hydroxylation is 1. The Kier molecular flexibility index (Phi) is 4.59. The second-order valence-electron chi connectivity index (χ2n) is 4.58. The maximum absolute atomic E-state index is 12.0. The number of benzene rings is 1. The summed E-state index contributed by atoms with van der Waals surface area (Å²) in [5.41, 5.74) is 2.04. The van der Waals surface area contributed by atoms with Crippen molar-refractivity contribution in [2.75, 3.05) is 21.3 Å². The molecule has 2 aromatic rings. The summed E-state index contributed by atoms with van der Waals surface area (Å²) in [6, 6.07) is 7.28. The highest BCUT2D eigenvalue weighted by atomic mass is 16.5. The van der Waals surface area contributed by atoms with E-state index in [-0.39, 0.29) is 5.56 Å². The van der Waals surface area contributed by atoms with E-state index >= 15 is 0 Å². The van der Waals surface area contributed by atoms with E-state index in [2.05, 4.69) is 10.4 Å². The van der Waals surface area contributed by atoms with Crippen molar-refractivity contribution in [3.05, 3.63) is 40.2 Å². The first-order chi connectivity index (χ1) is 10.1. The first-order valence-corrected chi connectivity index (χ1v) is 6.55. The van der Waals surface area contributed by atoms with Gasteiger partial charge in [-0.2, -0.15) is 5.10 Å². The van der Waals surface area contributed by atoms with Gasteiger partial charge in [0.25, 0.3) is 5.56 Å².